The van der Waals surface area contributed by atoms with E-state index in [0.717, 1.165) is 6.92 Å². The molecule has 3 N–H and O–H groups in total. The Balaban J connectivity index is 3.13. The second-order valence-electron chi connectivity index (χ2n) is 9.23. The molecule has 0 saturated carbocycles. The van der Waals surface area contributed by atoms with Gasteiger partial charge in [0.2, 0.25) is 0 Å². The first-order chi connectivity index (χ1) is 14.6. The summed E-state index contributed by atoms with van der Waals surface area (Å²) in [5.74, 6) is -0.711. The number of carboxylic acid groups (broad SMARTS) is 1. The molecule has 0 fully saturated rings. The zero-order chi connectivity index (χ0) is 24.6. The van der Waals surface area contributed by atoms with Crippen LogP contribution in [0.5, 0.6) is 0 Å². The smallest absolute Gasteiger partial charge is 0.477 e. The predicted octanol–water partition coefficient (Wildman–Crippen LogP) is 4.71. The molecule has 0 aliphatic rings. The molecule has 3 unspecified atom stereocenters. The second-order valence-corrected chi connectivity index (χ2v) is 10.4. The lowest BCUT2D eigenvalue weighted by molar-refractivity contribution is -0.145. The Hall–Kier alpha value is -2.65. The number of carboxylic acids is 1. The van der Waals surface area contributed by atoms with Crippen LogP contribution in [-0.2, 0) is 20.4 Å². The van der Waals surface area contributed by atoms with Gasteiger partial charge in [-0.2, -0.15) is 4.89 Å². The highest BCUT2D eigenvalue weighted by atomic mass is 31.1. The number of aliphatic hydroxyl groups is 1. The van der Waals surface area contributed by atoms with E-state index >= 15 is 0 Å². The third kappa shape index (κ3) is 4.19. The number of rotatable bonds is 6. The molecule has 0 bridgehead atoms. The minimum absolute atomic E-state index is 0.0184. The van der Waals surface area contributed by atoms with Crippen molar-refractivity contribution < 1.29 is 28.9 Å². The summed E-state index contributed by atoms with van der Waals surface area (Å²) in [6.07, 6.45) is 5.46. The van der Waals surface area contributed by atoms with Crippen LogP contribution >= 0.6 is 8.03 Å². The molecule has 8 heteroatoms. The molecular formula is C24H28FNO5P+. The van der Waals surface area contributed by atoms with E-state index in [1.165, 1.54) is 24.3 Å². The highest BCUT2D eigenvalue weighted by Gasteiger charge is 2.70. The van der Waals surface area contributed by atoms with Crippen LogP contribution in [0.3, 0.4) is 0 Å². The Labute approximate surface area is 188 Å². The molecule has 1 aromatic heterocycles. The Morgan fingerprint density at radius 3 is 2.09 bits per heavy atom. The second kappa shape index (κ2) is 8.71. The van der Waals surface area contributed by atoms with Gasteiger partial charge in [0.05, 0.1) is 5.69 Å². The Kier molecular flexibility index (Phi) is 6.97. The SMILES string of the molecule is C#CC(C(=O)O)([P+](=O)O)C(C)(O)c1c(-c2ccc(F)cc2)cc(C(C)(C)C)nc1C(C)C. The maximum atomic E-state index is 13.6. The summed E-state index contributed by atoms with van der Waals surface area (Å²) in [7, 11) is -3.57. The van der Waals surface area contributed by atoms with Crippen molar-refractivity contribution in [2.75, 3.05) is 0 Å². The molecule has 1 aromatic carbocycles. The number of nitrogens with zero attached hydrogens (tertiary/aromatic N) is 1. The van der Waals surface area contributed by atoms with E-state index in [2.05, 4.69) is 0 Å². The average molecular weight is 460 g/mol. The Morgan fingerprint density at radius 2 is 1.72 bits per heavy atom. The summed E-state index contributed by atoms with van der Waals surface area (Å²) in [6.45, 7) is 10.6. The van der Waals surface area contributed by atoms with Crippen molar-refractivity contribution in [3.63, 3.8) is 0 Å². The first-order valence-electron chi connectivity index (χ1n) is 10.0. The van der Waals surface area contributed by atoms with Gasteiger partial charge in [-0.05, 0) is 52.7 Å². The molecule has 0 aliphatic carbocycles. The molecule has 2 aromatic rings. The fourth-order valence-corrected chi connectivity index (χ4v) is 4.41. The van der Waals surface area contributed by atoms with Crippen LogP contribution in [0.1, 0.15) is 64.4 Å². The molecule has 0 aliphatic heterocycles. The summed E-state index contributed by atoms with van der Waals surface area (Å²) >= 11 is 0. The Bertz CT molecular complexity index is 1080. The number of hydrogen-bond acceptors (Lipinski definition) is 4. The van der Waals surface area contributed by atoms with Gasteiger partial charge in [-0.1, -0.05) is 46.8 Å². The van der Waals surface area contributed by atoms with Crippen molar-refractivity contribution in [2.24, 2.45) is 0 Å². The van der Waals surface area contributed by atoms with Gasteiger partial charge >= 0.3 is 19.2 Å². The van der Waals surface area contributed by atoms with E-state index in [-0.39, 0.29) is 11.5 Å². The first kappa shape index (κ1) is 25.6. The molecular weight excluding hydrogens is 432 g/mol. The topological polar surface area (TPSA) is 108 Å². The highest BCUT2D eigenvalue weighted by molar-refractivity contribution is 7.42. The summed E-state index contributed by atoms with van der Waals surface area (Å²) in [5, 5.41) is 18.7. The summed E-state index contributed by atoms with van der Waals surface area (Å²) in [6, 6.07) is 7.11. The minimum Gasteiger partial charge on any atom is -0.477 e. The third-order valence-corrected chi connectivity index (χ3v) is 6.84. The van der Waals surface area contributed by atoms with Gasteiger partial charge in [-0.3, -0.25) is 4.98 Å². The summed E-state index contributed by atoms with van der Waals surface area (Å²) in [5.41, 5.74) is -1.08. The van der Waals surface area contributed by atoms with E-state index in [9.17, 15) is 28.9 Å². The van der Waals surface area contributed by atoms with Crippen LogP contribution in [0.2, 0.25) is 0 Å². The van der Waals surface area contributed by atoms with Gasteiger partial charge in [0.25, 0.3) is 0 Å². The van der Waals surface area contributed by atoms with E-state index in [1.807, 2.05) is 26.7 Å². The molecule has 0 saturated heterocycles. The molecule has 6 nitrogen and oxygen atoms in total. The van der Waals surface area contributed by atoms with Gasteiger partial charge in [0.15, 0.2) is 5.60 Å². The number of hydrogen-bond donors (Lipinski definition) is 3. The maximum absolute atomic E-state index is 13.6. The van der Waals surface area contributed by atoms with E-state index in [0.29, 0.717) is 22.5 Å². The zero-order valence-corrected chi connectivity index (χ0v) is 19.9. The van der Waals surface area contributed by atoms with Crippen molar-refractivity contribution in [1.29, 1.82) is 0 Å². The number of aromatic nitrogens is 1. The Morgan fingerprint density at radius 1 is 1.19 bits per heavy atom. The lowest BCUT2D eigenvalue weighted by atomic mass is 9.75. The number of aliphatic carboxylic acids is 1. The predicted molar refractivity (Wildman–Crippen MR) is 121 cm³/mol. The van der Waals surface area contributed by atoms with Gasteiger partial charge in [-0.15, -0.1) is 6.42 Å². The number of halogens is 1. The van der Waals surface area contributed by atoms with Gasteiger partial charge in [0, 0.05) is 16.7 Å². The van der Waals surface area contributed by atoms with Crippen molar-refractivity contribution in [1.82, 2.24) is 4.98 Å². The number of carbonyl (C=O) groups is 1. The van der Waals surface area contributed by atoms with Crippen molar-refractivity contribution in [3.05, 3.63) is 53.1 Å². The lowest BCUT2D eigenvalue weighted by Gasteiger charge is -2.34. The largest absolute Gasteiger partial charge is 0.541 e. The fourth-order valence-electron chi connectivity index (χ4n) is 3.65. The average Bonchev–Trinajstić information content (AvgIpc) is 2.66. The maximum Gasteiger partial charge on any atom is 0.541 e. The van der Waals surface area contributed by atoms with Crippen LogP contribution in [0.4, 0.5) is 4.39 Å². The number of pyridine rings is 1. The van der Waals surface area contributed by atoms with Crippen LogP contribution in [0.25, 0.3) is 11.1 Å². The lowest BCUT2D eigenvalue weighted by Crippen LogP contribution is -2.53. The highest BCUT2D eigenvalue weighted by Crippen LogP contribution is 2.52. The molecule has 0 radical (unpaired) electrons. The van der Waals surface area contributed by atoms with E-state index in [4.69, 9.17) is 11.4 Å². The molecule has 0 spiro atoms. The normalized spacial score (nSPS) is 16.1. The van der Waals surface area contributed by atoms with Crippen LogP contribution in [0, 0.1) is 18.2 Å². The van der Waals surface area contributed by atoms with E-state index < -0.39 is 36.0 Å². The third-order valence-electron chi connectivity index (χ3n) is 5.51. The van der Waals surface area contributed by atoms with Crippen LogP contribution < -0.4 is 0 Å². The van der Waals surface area contributed by atoms with Crippen molar-refractivity contribution in [3.8, 4) is 23.5 Å². The first-order valence-corrected chi connectivity index (χ1v) is 11.2. The number of benzene rings is 1. The van der Waals surface area contributed by atoms with Crippen molar-refractivity contribution in [2.45, 2.75) is 63.6 Å². The fraction of sp³-hybridized carbons (Fsp3) is 0.417. The van der Waals surface area contributed by atoms with Gasteiger partial charge in [0.1, 0.15) is 5.82 Å². The van der Waals surface area contributed by atoms with Crippen LogP contribution in [0.15, 0.2) is 30.3 Å². The van der Waals surface area contributed by atoms with E-state index in [1.54, 1.807) is 19.9 Å². The molecule has 2 rings (SSSR count). The standard InChI is InChI=1S/C24H27FNO5P/c1-8-24(21(27)28,32(30)31)23(7,29)19-17(15-9-11-16(25)12-10-15)13-18(22(4,5)6)26-20(19)14(2)3/h1,9-14,29H,2-7H3,(H-,27,28,30,31)/p+1. The van der Waals surface area contributed by atoms with Gasteiger partial charge in [-0.25, -0.2) is 9.18 Å². The summed E-state index contributed by atoms with van der Waals surface area (Å²) < 4.78 is 25.9. The number of terminal acetylenes is 1. The zero-order valence-electron chi connectivity index (χ0n) is 19.0. The monoisotopic (exact) mass is 460 g/mol. The molecule has 170 valence electrons. The molecule has 1 heterocycles. The van der Waals surface area contributed by atoms with Crippen LogP contribution in [-0.4, -0.2) is 31.2 Å². The quantitative estimate of drug-likeness (QED) is 0.426. The summed E-state index contributed by atoms with van der Waals surface area (Å²) in [4.78, 5) is 26.9. The minimum atomic E-state index is -3.57. The molecule has 3 atom stereocenters. The molecule has 32 heavy (non-hydrogen) atoms. The van der Waals surface area contributed by atoms with Gasteiger partial charge < -0.3 is 10.2 Å². The van der Waals surface area contributed by atoms with Crippen molar-refractivity contribution >= 4 is 14.0 Å². The molecule has 0 amide bonds.